The van der Waals surface area contributed by atoms with Gasteiger partial charge in [-0.25, -0.2) is 13.8 Å². The quantitative estimate of drug-likeness (QED) is 0.656. The molecule has 1 heterocycles. The Labute approximate surface area is 115 Å². The molecule has 1 aromatic carbocycles. The summed E-state index contributed by atoms with van der Waals surface area (Å²) in [5.41, 5.74) is -3.03. The van der Waals surface area contributed by atoms with E-state index in [1.54, 1.807) is 0 Å². The van der Waals surface area contributed by atoms with E-state index in [0.29, 0.717) is 6.07 Å². The van der Waals surface area contributed by atoms with Gasteiger partial charge in [-0.2, -0.15) is 13.2 Å². The second-order valence-electron chi connectivity index (χ2n) is 4.14. The van der Waals surface area contributed by atoms with Crippen molar-refractivity contribution in [1.82, 2.24) is 4.98 Å². The average molecular weight is 303 g/mol. The molecule has 2 N–H and O–H groups in total. The van der Waals surface area contributed by atoms with Crippen molar-refractivity contribution in [2.75, 3.05) is 0 Å². The highest BCUT2D eigenvalue weighted by atomic mass is 19.4. The summed E-state index contributed by atoms with van der Waals surface area (Å²) in [5, 5.41) is 18.0. The molecule has 0 bridgehead atoms. The summed E-state index contributed by atoms with van der Waals surface area (Å²) in [6.45, 7) is 0. The highest BCUT2D eigenvalue weighted by Crippen LogP contribution is 2.30. The molecule has 9 heteroatoms. The SMILES string of the molecule is OB(O)c1cc(-c2cccc(F)c2F)nc(C(F)(F)F)c1. The second kappa shape index (κ2) is 5.42. The fourth-order valence-corrected chi connectivity index (χ4v) is 1.69. The Morgan fingerprint density at radius 3 is 2.29 bits per heavy atom. The van der Waals surface area contributed by atoms with Crippen molar-refractivity contribution in [3.8, 4) is 11.3 Å². The molecule has 0 saturated carbocycles. The third kappa shape index (κ3) is 3.19. The van der Waals surface area contributed by atoms with Crippen molar-refractivity contribution in [3.63, 3.8) is 0 Å². The maximum absolute atomic E-state index is 13.6. The Bertz CT molecular complexity index is 675. The van der Waals surface area contributed by atoms with E-state index in [1.165, 1.54) is 0 Å². The lowest BCUT2D eigenvalue weighted by Gasteiger charge is -2.11. The number of rotatable bonds is 2. The maximum Gasteiger partial charge on any atom is 0.488 e. The van der Waals surface area contributed by atoms with Gasteiger partial charge < -0.3 is 10.0 Å². The van der Waals surface area contributed by atoms with Crippen LogP contribution in [0.25, 0.3) is 11.3 Å². The van der Waals surface area contributed by atoms with E-state index in [1.807, 2.05) is 0 Å². The van der Waals surface area contributed by atoms with Gasteiger partial charge in [0.15, 0.2) is 11.6 Å². The van der Waals surface area contributed by atoms with Crippen LogP contribution in [-0.2, 0) is 6.18 Å². The summed E-state index contributed by atoms with van der Waals surface area (Å²) in [7, 11) is -2.20. The highest BCUT2D eigenvalue weighted by Gasteiger charge is 2.34. The molecule has 0 radical (unpaired) electrons. The Kier molecular flexibility index (Phi) is 3.97. The molecule has 110 valence electrons. The highest BCUT2D eigenvalue weighted by molar-refractivity contribution is 6.58. The van der Waals surface area contributed by atoms with Crippen molar-refractivity contribution < 1.29 is 32.0 Å². The molecule has 0 saturated heterocycles. The topological polar surface area (TPSA) is 53.4 Å². The summed E-state index contributed by atoms with van der Waals surface area (Å²) >= 11 is 0. The molecular formula is C12H7BF5NO2. The first-order valence-electron chi connectivity index (χ1n) is 5.60. The minimum Gasteiger partial charge on any atom is -0.423 e. The van der Waals surface area contributed by atoms with Gasteiger partial charge in [-0.1, -0.05) is 6.07 Å². The molecule has 0 spiro atoms. The monoisotopic (exact) mass is 303 g/mol. The van der Waals surface area contributed by atoms with Gasteiger partial charge in [0.2, 0.25) is 0 Å². The van der Waals surface area contributed by atoms with Crippen LogP contribution in [-0.4, -0.2) is 22.2 Å². The van der Waals surface area contributed by atoms with Crippen molar-refractivity contribution in [1.29, 1.82) is 0 Å². The van der Waals surface area contributed by atoms with Crippen LogP contribution >= 0.6 is 0 Å². The van der Waals surface area contributed by atoms with Crippen molar-refractivity contribution in [2.24, 2.45) is 0 Å². The third-order valence-corrected chi connectivity index (χ3v) is 2.66. The van der Waals surface area contributed by atoms with Crippen LogP contribution in [0.4, 0.5) is 22.0 Å². The van der Waals surface area contributed by atoms with E-state index in [9.17, 15) is 22.0 Å². The first-order valence-corrected chi connectivity index (χ1v) is 5.60. The Morgan fingerprint density at radius 1 is 1.05 bits per heavy atom. The lowest BCUT2D eigenvalue weighted by molar-refractivity contribution is -0.141. The minimum absolute atomic E-state index is 0.422. The molecule has 0 fully saturated rings. The molecule has 0 aliphatic heterocycles. The fraction of sp³-hybridized carbons (Fsp3) is 0.0833. The van der Waals surface area contributed by atoms with Crippen LogP contribution in [0.15, 0.2) is 30.3 Å². The fourth-order valence-electron chi connectivity index (χ4n) is 1.69. The number of benzene rings is 1. The number of aromatic nitrogens is 1. The van der Waals surface area contributed by atoms with Gasteiger partial charge in [-0.15, -0.1) is 0 Å². The average Bonchev–Trinajstić information content (AvgIpc) is 2.40. The number of alkyl halides is 3. The zero-order chi connectivity index (χ0) is 15.8. The first-order chi connectivity index (χ1) is 9.70. The van der Waals surface area contributed by atoms with Gasteiger partial charge in [0.1, 0.15) is 5.69 Å². The van der Waals surface area contributed by atoms with Crippen LogP contribution in [0.3, 0.4) is 0 Å². The van der Waals surface area contributed by atoms with E-state index < -0.39 is 47.3 Å². The smallest absolute Gasteiger partial charge is 0.423 e. The van der Waals surface area contributed by atoms with Gasteiger partial charge in [0.25, 0.3) is 0 Å². The number of halogens is 5. The number of hydrogen-bond acceptors (Lipinski definition) is 3. The molecule has 2 aromatic rings. The van der Waals surface area contributed by atoms with Gasteiger partial charge >= 0.3 is 13.3 Å². The van der Waals surface area contributed by atoms with E-state index in [2.05, 4.69) is 4.98 Å². The predicted octanol–water partition coefficient (Wildman–Crippen LogP) is 1.73. The number of nitrogens with zero attached hydrogens (tertiary/aromatic N) is 1. The number of pyridine rings is 1. The summed E-state index contributed by atoms with van der Waals surface area (Å²) in [5.74, 6) is -2.62. The van der Waals surface area contributed by atoms with Crippen molar-refractivity contribution in [2.45, 2.75) is 6.18 Å². The summed E-state index contributed by atoms with van der Waals surface area (Å²) in [4.78, 5) is 3.21. The normalized spacial score (nSPS) is 11.6. The molecule has 0 unspecified atom stereocenters. The molecule has 0 aliphatic rings. The summed E-state index contributed by atoms with van der Waals surface area (Å²) < 4.78 is 64.9. The van der Waals surface area contributed by atoms with Crippen LogP contribution in [0, 0.1) is 11.6 Å². The van der Waals surface area contributed by atoms with Crippen LogP contribution < -0.4 is 5.46 Å². The molecule has 0 aliphatic carbocycles. The van der Waals surface area contributed by atoms with Crippen molar-refractivity contribution >= 4 is 12.6 Å². The largest absolute Gasteiger partial charge is 0.488 e. The lowest BCUT2D eigenvalue weighted by Crippen LogP contribution is -2.31. The van der Waals surface area contributed by atoms with E-state index >= 15 is 0 Å². The summed E-state index contributed by atoms with van der Waals surface area (Å²) in [6.07, 6.45) is -4.87. The second-order valence-corrected chi connectivity index (χ2v) is 4.14. The lowest BCUT2D eigenvalue weighted by atomic mass is 9.79. The Hall–Kier alpha value is -2.00. The molecule has 21 heavy (non-hydrogen) atoms. The van der Waals surface area contributed by atoms with E-state index in [-0.39, 0.29) is 0 Å². The standard InChI is InChI=1S/C12H7BF5NO2/c14-8-3-1-2-7(11(8)15)9-4-6(13(20)21)5-10(19-9)12(16,17)18/h1-5,20-21H. The summed E-state index contributed by atoms with van der Waals surface area (Å²) in [6, 6.07) is 4.20. The molecule has 2 rings (SSSR count). The van der Waals surface area contributed by atoms with E-state index in [0.717, 1.165) is 24.3 Å². The zero-order valence-corrected chi connectivity index (χ0v) is 10.2. The van der Waals surface area contributed by atoms with Crippen LogP contribution in [0.2, 0.25) is 0 Å². The van der Waals surface area contributed by atoms with Crippen molar-refractivity contribution in [3.05, 3.63) is 47.7 Å². The number of hydrogen-bond donors (Lipinski definition) is 2. The predicted molar refractivity (Wildman–Crippen MR) is 64.4 cm³/mol. The van der Waals surface area contributed by atoms with Crippen LogP contribution in [0.5, 0.6) is 0 Å². The first kappa shape index (κ1) is 15.4. The minimum atomic E-state index is -4.87. The van der Waals surface area contributed by atoms with E-state index in [4.69, 9.17) is 10.0 Å². The molecule has 1 aromatic heterocycles. The van der Waals surface area contributed by atoms with Crippen LogP contribution in [0.1, 0.15) is 5.69 Å². The van der Waals surface area contributed by atoms with Gasteiger partial charge in [-0.3, -0.25) is 0 Å². The molecule has 0 atom stereocenters. The Morgan fingerprint density at radius 2 is 1.71 bits per heavy atom. The van der Waals surface area contributed by atoms with Gasteiger partial charge in [-0.05, 0) is 29.7 Å². The molecule has 3 nitrogen and oxygen atoms in total. The Balaban J connectivity index is 2.68. The van der Waals surface area contributed by atoms with Gasteiger partial charge in [0, 0.05) is 5.56 Å². The maximum atomic E-state index is 13.6. The molecular weight excluding hydrogens is 296 g/mol. The third-order valence-electron chi connectivity index (χ3n) is 2.66. The molecule has 0 amide bonds. The van der Waals surface area contributed by atoms with Gasteiger partial charge in [0.05, 0.1) is 5.69 Å². The zero-order valence-electron chi connectivity index (χ0n) is 10.2.